The molecule has 3 aromatic carbocycles. The van der Waals surface area contributed by atoms with Gasteiger partial charge < -0.3 is 29.9 Å². The summed E-state index contributed by atoms with van der Waals surface area (Å²) >= 11 is 6.26. The molecule has 0 saturated carbocycles. The predicted molar refractivity (Wildman–Crippen MR) is 176 cm³/mol. The fraction of sp³-hybridized carbons (Fsp3) is 0.353. The highest BCUT2D eigenvalue weighted by Crippen LogP contribution is 2.35. The van der Waals surface area contributed by atoms with Crippen LogP contribution in [0.25, 0.3) is 10.9 Å². The van der Waals surface area contributed by atoms with Gasteiger partial charge in [0, 0.05) is 53.4 Å². The Morgan fingerprint density at radius 1 is 1.09 bits per heavy atom. The van der Waals surface area contributed by atoms with Crippen LogP contribution in [0.15, 0.2) is 72.9 Å². The Bertz CT molecular complexity index is 1600. The van der Waals surface area contributed by atoms with Crippen molar-refractivity contribution in [3.63, 3.8) is 0 Å². The van der Waals surface area contributed by atoms with E-state index in [2.05, 4.69) is 10.3 Å². The third kappa shape index (κ3) is 6.85. The number of fused-ring (bicyclic) bond motifs is 1. The molecule has 0 spiro atoms. The van der Waals surface area contributed by atoms with E-state index in [1.165, 1.54) is 0 Å². The average Bonchev–Trinajstić information content (AvgIpc) is 3.44. The molecule has 0 aliphatic carbocycles. The van der Waals surface area contributed by atoms with Crippen LogP contribution in [0.5, 0.6) is 5.75 Å². The van der Waals surface area contributed by atoms with Crippen molar-refractivity contribution in [3.05, 3.63) is 89.1 Å². The Kier molecular flexibility index (Phi) is 9.78. The van der Waals surface area contributed by atoms with E-state index < -0.39 is 18.1 Å². The predicted octanol–water partition coefficient (Wildman–Crippen LogP) is 6.09. The molecule has 3 amide bonds. The number of nitrogens with zero attached hydrogens (tertiary/aromatic N) is 3. The van der Waals surface area contributed by atoms with E-state index in [0.29, 0.717) is 54.6 Å². The largest absolute Gasteiger partial charge is 0.495 e. The van der Waals surface area contributed by atoms with Gasteiger partial charge >= 0.3 is 6.03 Å². The summed E-state index contributed by atoms with van der Waals surface area (Å²) in [4.78, 5) is 37.7. The number of aromatic nitrogens is 1. The molecule has 9 nitrogen and oxygen atoms in total. The van der Waals surface area contributed by atoms with Crippen molar-refractivity contribution in [3.8, 4) is 5.75 Å². The van der Waals surface area contributed by atoms with E-state index in [0.717, 1.165) is 22.0 Å². The molecule has 1 fully saturated rings. The van der Waals surface area contributed by atoms with E-state index in [1.54, 1.807) is 41.2 Å². The van der Waals surface area contributed by atoms with Crippen LogP contribution in [0.3, 0.4) is 0 Å². The number of halogens is 1. The molecular weight excluding hydrogens is 578 g/mol. The first-order valence-corrected chi connectivity index (χ1v) is 15.2. The van der Waals surface area contributed by atoms with Gasteiger partial charge in [-0.1, -0.05) is 42.8 Å². The minimum Gasteiger partial charge on any atom is -0.495 e. The van der Waals surface area contributed by atoms with Crippen molar-refractivity contribution in [2.45, 2.75) is 44.4 Å². The molecule has 0 bridgehead atoms. The molecule has 0 radical (unpaired) electrons. The third-order valence-electron chi connectivity index (χ3n) is 8.20. The lowest BCUT2D eigenvalue weighted by atomic mass is 9.90. The van der Waals surface area contributed by atoms with Crippen LogP contribution in [0.4, 0.5) is 16.2 Å². The van der Waals surface area contributed by atoms with Gasteiger partial charge in [0.25, 0.3) is 0 Å². The van der Waals surface area contributed by atoms with Crippen LogP contribution >= 0.6 is 11.6 Å². The SMILES string of the molecule is COc1ccc(CN(C)C)cc1NC(=O)[C@@H]([C@@H](C)c1c[nH]c2ccccc12)N(C(=O)N1CCC(O)CC1)c1ccc(Cl)cc1. The quantitative estimate of drug-likeness (QED) is 0.211. The van der Waals surface area contributed by atoms with Crippen LogP contribution in [0.1, 0.15) is 36.8 Å². The number of rotatable bonds is 9. The van der Waals surface area contributed by atoms with Gasteiger partial charge in [0.05, 0.1) is 18.9 Å². The fourth-order valence-corrected chi connectivity index (χ4v) is 6.06. The second-order valence-corrected chi connectivity index (χ2v) is 12.1. The molecule has 3 N–H and O–H groups in total. The van der Waals surface area contributed by atoms with Gasteiger partial charge in [-0.3, -0.25) is 9.69 Å². The summed E-state index contributed by atoms with van der Waals surface area (Å²) in [6.07, 6.45) is 2.42. The number of H-pyrrole nitrogens is 1. The lowest BCUT2D eigenvalue weighted by molar-refractivity contribution is -0.117. The molecular formula is C34H40ClN5O4. The van der Waals surface area contributed by atoms with Crippen molar-refractivity contribution in [1.29, 1.82) is 0 Å². The van der Waals surface area contributed by atoms with Gasteiger partial charge in [0.1, 0.15) is 11.8 Å². The molecule has 44 heavy (non-hydrogen) atoms. The Labute approximate surface area is 263 Å². The Morgan fingerprint density at radius 2 is 1.80 bits per heavy atom. The van der Waals surface area contributed by atoms with Gasteiger partial charge in [-0.05, 0) is 80.5 Å². The number of hydrogen-bond donors (Lipinski definition) is 3. The summed E-state index contributed by atoms with van der Waals surface area (Å²) in [5, 5.41) is 14.8. The van der Waals surface area contributed by atoms with Gasteiger partial charge in [0.15, 0.2) is 0 Å². The van der Waals surface area contributed by atoms with E-state index in [1.807, 2.05) is 74.6 Å². The number of likely N-dealkylation sites (tertiary alicyclic amines) is 1. The number of carbonyl (C=O) groups is 2. The number of nitrogens with one attached hydrogen (secondary N) is 2. The number of carbonyl (C=O) groups excluding carboxylic acids is 2. The first-order valence-electron chi connectivity index (χ1n) is 14.9. The van der Waals surface area contributed by atoms with Crippen molar-refractivity contribution in [2.24, 2.45) is 0 Å². The van der Waals surface area contributed by atoms with Gasteiger partial charge in [-0.25, -0.2) is 4.79 Å². The number of aliphatic hydroxyl groups is 1. The van der Waals surface area contributed by atoms with Crippen molar-refractivity contribution < 1.29 is 19.4 Å². The molecule has 4 aromatic rings. The zero-order chi connectivity index (χ0) is 31.4. The summed E-state index contributed by atoms with van der Waals surface area (Å²) < 4.78 is 5.63. The number of para-hydroxylation sites is 1. The van der Waals surface area contributed by atoms with Crippen molar-refractivity contribution in [1.82, 2.24) is 14.8 Å². The normalized spacial score (nSPS) is 15.3. The van der Waals surface area contributed by atoms with Crippen LogP contribution < -0.4 is 15.0 Å². The molecule has 1 aromatic heterocycles. The number of aliphatic hydroxyl groups excluding tert-OH is 1. The number of ether oxygens (including phenoxy) is 1. The van der Waals surface area contributed by atoms with E-state index in [9.17, 15) is 14.7 Å². The molecule has 10 heteroatoms. The molecule has 2 atom stereocenters. The summed E-state index contributed by atoms with van der Waals surface area (Å²) in [5.74, 6) is -0.269. The van der Waals surface area contributed by atoms with Crippen molar-refractivity contribution >= 4 is 45.8 Å². The van der Waals surface area contributed by atoms with Crippen LogP contribution in [0, 0.1) is 0 Å². The van der Waals surface area contributed by atoms with E-state index in [4.69, 9.17) is 16.3 Å². The molecule has 232 valence electrons. The first-order chi connectivity index (χ1) is 21.2. The molecule has 1 aliphatic heterocycles. The fourth-order valence-electron chi connectivity index (χ4n) is 5.93. The summed E-state index contributed by atoms with van der Waals surface area (Å²) in [6.45, 7) is 3.43. The van der Waals surface area contributed by atoms with Crippen LogP contribution in [0.2, 0.25) is 5.02 Å². The van der Waals surface area contributed by atoms with E-state index >= 15 is 0 Å². The molecule has 1 aliphatic rings. The number of aromatic amines is 1. The number of hydrogen-bond acceptors (Lipinski definition) is 5. The maximum absolute atomic E-state index is 14.6. The topological polar surface area (TPSA) is 101 Å². The summed E-state index contributed by atoms with van der Waals surface area (Å²) in [6, 6.07) is 19.3. The maximum atomic E-state index is 14.6. The second kappa shape index (κ2) is 13.7. The third-order valence-corrected chi connectivity index (χ3v) is 8.45. The molecule has 0 unspecified atom stereocenters. The first kappa shape index (κ1) is 31.4. The Morgan fingerprint density at radius 3 is 2.48 bits per heavy atom. The second-order valence-electron chi connectivity index (χ2n) is 11.6. The number of piperidine rings is 1. The minimum absolute atomic E-state index is 0.306. The average molecular weight is 618 g/mol. The highest BCUT2D eigenvalue weighted by Gasteiger charge is 2.40. The van der Waals surface area contributed by atoms with Gasteiger partial charge in [-0.2, -0.15) is 0 Å². The smallest absolute Gasteiger partial charge is 0.325 e. The van der Waals surface area contributed by atoms with Crippen LogP contribution in [-0.2, 0) is 11.3 Å². The minimum atomic E-state index is -0.961. The van der Waals surface area contributed by atoms with E-state index in [-0.39, 0.29) is 11.9 Å². The number of anilines is 2. The molecule has 2 heterocycles. The summed E-state index contributed by atoms with van der Waals surface area (Å²) in [5.41, 5.74) is 3.93. The Hall–Kier alpha value is -4.05. The summed E-state index contributed by atoms with van der Waals surface area (Å²) in [7, 11) is 5.53. The van der Waals surface area contributed by atoms with Gasteiger partial charge in [-0.15, -0.1) is 0 Å². The molecule has 5 rings (SSSR count). The zero-order valence-corrected chi connectivity index (χ0v) is 26.3. The monoisotopic (exact) mass is 617 g/mol. The maximum Gasteiger partial charge on any atom is 0.325 e. The Balaban J connectivity index is 1.62. The zero-order valence-electron chi connectivity index (χ0n) is 25.6. The number of urea groups is 1. The lowest BCUT2D eigenvalue weighted by Crippen LogP contribution is -2.56. The number of benzene rings is 3. The highest BCUT2D eigenvalue weighted by molar-refractivity contribution is 6.30. The standard InChI is InChI=1S/C34H40ClN5O4/c1-22(28-20-36-29-8-6-5-7-27(28)29)32(33(42)37-30-19-23(21-38(2)3)9-14-31(30)44-4)40(25-12-10-24(35)11-13-25)34(43)39-17-15-26(41)16-18-39/h5-14,19-20,22,26,32,36,41H,15-18,21H2,1-4H3,(H,37,42)/t22-,32+/m0/s1. The number of amides is 3. The number of methoxy groups -OCH3 is 1. The lowest BCUT2D eigenvalue weighted by Gasteiger charge is -2.40. The highest BCUT2D eigenvalue weighted by atomic mass is 35.5. The van der Waals surface area contributed by atoms with Crippen molar-refractivity contribution in [2.75, 3.05) is 44.5 Å². The molecule has 1 saturated heterocycles. The van der Waals surface area contributed by atoms with Crippen LogP contribution in [-0.4, -0.2) is 78.3 Å². The van der Waals surface area contributed by atoms with Gasteiger partial charge in [0.2, 0.25) is 5.91 Å².